The van der Waals surface area contributed by atoms with Crippen molar-refractivity contribution < 1.29 is 13.8 Å². The van der Waals surface area contributed by atoms with Gasteiger partial charge in [0.2, 0.25) is 0 Å². The molecule has 0 rings (SSSR count). The summed E-state index contributed by atoms with van der Waals surface area (Å²) in [4.78, 5) is 19.9. The van der Waals surface area contributed by atoms with Gasteiger partial charge in [-0.15, -0.1) is 0 Å². The quantitative estimate of drug-likeness (QED) is 0.472. The minimum Gasteiger partial charge on any atom is -0.277 e. The summed E-state index contributed by atoms with van der Waals surface area (Å²) in [5, 5.41) is -1.13. The Hall–Kier alpha value is 0.260. The maximum absolute atomic E-state index is 10.0. The highest BCUT2D eigenvalue weighted by Gasteiger charge is 2.15. The second kappa shape index (κ2) is 3.32. The van der Waals surface area contributed by atoms with Crippen molar-refractivity contribution in [2.45, 2.75) is 0 Å². The molecule has 0 aromatic heterocycles. The molecule has 0 saturated heterocycles. The van der Waals surface area contributed by atoms with E-state index < -0.39 is 19.8 Å². The van der Waals surface area contributed by atoms with Crippen LogP contribution in [0.25, 0.3) is 0 Å². The van der Waals surface area contributed by atoms with Crippen molar-refractivity contribution in [1.29, 1.82) is 0 Å². The Morgan fingerprint density at radius 2 is 1.88 bits per heavy atom. The predicted octanol–water partition coefficient (Wildman–Crippen LogP) is 0.337. The van der Waals surface area contributed by atoms with Crippen molar-refractivity contribution in [2.75, 3.05) is 0 Å². The Morgan fingerprint density at radius 3 is 1.88 bits per heavy atom. The second-order valence-corrected chi connectivity index (χ2v) is 3.16. The van der Waals surface area contributed by atoms with Crippen molar-refractivity contribution in [1.82, 2.24) is 0 Å². The molecular weight excluding hydrogens is 219 g/mol. The van der Waals surface area contributed by atoms with E-state index in [-0.39, 0.29) is 0 Å². The highest BCUT2D eigenvalue weighted by molar-refractivity contribution is 9.19. The second-order valence-electron chi connectivity index (χ2n) is 0.785. The fourth-order valence-electron chi connectivity index (χ4n) is 0.0631. The van der Waals surface area contributed by atoms with E-state index in [2.05, 4.69) is 15.9 Å². The number of rotatable bonds is 1. The van der Waals surface area contributed by atoms with E-state index in [1.807, 2.05) is 0 Å². The Bertz CT molecular complexity index is 139. The van der Waals surface area contributed by atoms with Crippen LogP contribution < -0.4 is 0 Å². The third-order valence-electron chi connectivity index (χ3n) is 0.306. The van der Waals surface area contributed by atoms with Crippen molar-refractivity contribution in [3.8, 4) is 0 Å². The van der Waals surface area contributed by atoms with E-state index in [1.165, 1.54) is 0 Å². The molecule has 0 aromatic carbocycles. The normalized spacial score (nSPS) is 12.8. The van der Waals surface area contributed by atoms with Gasteiger partial charge in [0, 0.05) is 15.9 Å². The molecular formula is C2BrClO3S. The molecule has 6 heteroatoms. The maximum Gasteiger partial charge on any atom is 0.311 e. The van der Waals surface area contributed by atoms with Gasteiger partial charge in [-0.3, -0.25) is 9.59 Å². The molecule has 0 aliphatic carbocycles. The van der Waals surface area contributed by atoms with Crippen molar-refractivity contribution in [3.63, 3.8) is 0 Å². The van der Waals surface area contributed by atoms with Gasteiger partial charge in [-0.1, -0.05) is 0 Å². The van der Waals surface area contributed by atoms with Gasteiger partial charge in [0.25, 0.3) is 4.69 Å². The van der Waals surface area contributed by atoms with Crippen molar-refractivity contribution in [2.24, 2.45) is 0 Å². The molecule has 1 atom stereocenters. The van der Waals surface area contributed by atoms with Gasteiger partial charge in [0.05, 0.1) is 0 Å². The number of carbonyl (C=O) groups excluding carboxylic acids is 2. The van der Waals surface area contributed by atoms with E-state index >= 15 is 0 Å². The molecule has 0 aliphatic heterocycles. The fraction of sp³-hybridized carbons (Fsp3) is 0. The first kappa shape index (κ1) is 8.26. The average Bonchev–Trinajstić information content (AvgIpc) is 1.64. The highest BCUT2D eigenvalue weighted by atomic mass is 79.9. The lowest BCUT2D eigenvalue weighted by Gasteiger charge is -1.78. The van der Waals surface area contributed by atoms with Crippen molar-refractivity contribution >= 4 is 46.4 Å². The van der Waals surface area contributed by atoms with Crippen LogP contribution in [0.15, 0.2) is 0 Å². The average molecular weight is 219 g/mol. The molecule has 0 bridgehead atoms. The van der Waals surface area contributed by atoms with Gasteiger partial charge in [0.1, 0.15) is 0 Å². The molecule has 0 amide bonds. The minimum atomic E-state index is -2.20. The summed E-state index contributed by atoms with van der Waals surface area (Å²) in [6.07, 6.45) is 0. The summed E-state index contributed by atoms with van der Waals surface area (Å²) in [6, 6.07) is 0. The SMILES string of the molecule is O=C(Br)C(=O)S(=O)Cl. The summed E-state index contributed by atoms with van der Waals surface area (Å²) < 4.78 is 8.89. The van der Waals surface area contributed by atoms with E-state index in [1.54, 1.807) is 0 Å². The van der Waals surface area contributed by atoms with Crippen LogP contribution in [0.4, 0.5) is 0 Å². The van der Waals surface area contributed by atoms with Crippen molar-refractivity contribution in [3.05, 3.63) is 0 Å². The fourth-order valence-corrected chi connectivity index (χ4v) is 1.12. The van der Waals surface area contributed by atoms with Crippen LogP contribution in [0.1, 0.15) is 0 Å². The lowest BCUT2D eigenvalue weighted by Crippen LogP contribution is -2.08. The molecule has 0 fully saturated rings. The molecule has 0 spiro atoms. The van der Waals surface area contributed by atoms with E-state index in [0.29, 0.717) is 0 Å². The third-order valence-corrected chi connectivity index (χ3v) is 1.83. The summed E-state index contributed by atoms with van der Waals surface area (Å²) in [5.41, 5.74) is 0. The highest BCUT2D eigenvalue weighted by Crippen LogP contribution is 1.95. The molecule has 8 heavy (non-hydrogen) atoms. The van der Waals surface area contributed by atoms with Crippen LogP contribution in [-0.2, 0) is 19.6 Å². The van der Waals surface area contributed by atoms with Crippen LogP contribution in [0.2, 0.25) is 0 Å². The first-order valence-corrected chi connectivity index (χ1v) is 4.14. The molecule has 0 saturated carbocycles. The molecule has 0 radical (unpaired) electrons. The van der Waals surface area contributed by atoms with Gasteiger partial charge in [-0.05, 0) is 10.7 Å². The summed E-state index contributed by atoms with van der Waals surface area (Å²) in [6.45, 7) is 0. The maximum atomic E-state index is 10.0. The Labute approximate surface area is 60.5 Å². The molecule has 1 unspecified atom stereocenters. The topological polar surface area (TPSA) is 51.2 Å². The van der Waals surface area contributed by atoms with Gasteiger partial charge in [-0.25, -0.2) is 4.21 Å². The van der Waals surface area contributed by atoms with Gasteiger partial charge in [-0.2, -0.15) is 0 Å². The van der Waals surface area contributed by atoms with Gasteiger partial charge >= 0.3 is 5.12 Å². The number of halogens is 2. The van der Waals surface area contributed by atoms with Gasteiger partial charge in [0.15, 0.2) is 10.0 Å². The summed E-state index contributed by atoms with van der Waals surface area (Å²) in [5.74, 6) is 0. The zero-order valence-corrected chi connectivity index (χ0v) is 6.55. The molecule has 0 N–H and O–H groups in total. The van der Waals surface area contributed by atoms with Crippen LogP contribution in [0.3, 0.4) is 0 Å². The molecule has 46 valence electrons. The first-order valence-electron chi connectivity index (χ1n) is 1.37. The lowest BCUT2D eigenvalue weighted by molar-refractivity contribution is -0.126. The zero-order chi connectivity index (χ0) is 6.73. The van der Waals surface area contributed by atoms with Crippen LogP contribution in [-0.4, -0.2) is 14.0 Å². The Kier molecular flexibility index (Phi) is 3.43. The molecule has 0 aliphatic rings. The molecule has 3 nitrogen and oxygen atoms in total. The third kappa shape index (κ3) is 2.54. The van der Waals surface area contributed by atoms with Crippen LogP contribution in [0, 0.1) is 0 Å². The van der Waals surface area contributed by atoms with Gasteiger partial charge < -0.3 is 0 Å². The Morgan fingerprint density at radius 1 is 1.50 bits per heavy atom. The van der Waals surface area contributed by atoms with E-state index in [4.69, 9.17) is 10.7 Å². The molecule has 0 aromatic rings. The monoisotopic (exact) mass is 218 g/mol. The standard InChI is InChI=1S/C2BrClO3S/c3-1(5)2(6)8(4)7. The predicted molar refractivity (Wildman–Crippen MR) is 32.9 cm³/mol. The largest absolute Gasteiger partial charge is 0.311 e. The van der Waals surface area contributed by atoms with Crippen LogP contribution in [0.5, 0.6) is 0 Å². The van der Waals surface area contributed by atoms with E-state index in [9.17, 15) is 13.8 Å². The number of carbonyl (C=O) groups is 2. The molecule has 0 heterocycles. The zero-order valence-electron chi connectivity index (χ0n) is 3.39. The van der Waals surface area contributed by atoms with E-state index in [0.717, 1.165) is 0 Å². The number of hydrogen-bond acceptors (Lipinski definition) is 3. The summed E-state index contributed by atoms with van der Waals surface area (Å²) >= 11 is 2.27. The lowest BCUT2D eigenvalue weighted by atomic mass is 10.9. The number of hydrogen-bond donors (Lipinski definition) is 0. The first-order chi connectivity index (χ1) is 3.55. The van der Waals surface area contributed by atoms with Crippen LogP contribution >= 0.6 is 26.6 Å². The minimum absolute atomic E-state index is 0.967. The smallest absolute Gasteiger partial charge is 0.277 e. The Balaban J connectivity index is 4.05. The summed E-state index contributed by atoms with van der Waals surface area (Å²) in [7, 11) is 2.49.